The molecule has 0 unspecified atom stereocenters. The fourth-order valence-electron chi connectivity index (χ4n) is 2.10. The van der Waals surface area contributed by atoms with E-state index in [1.807, 2.05) is 12.5 Å². The zero-order valence-electron chi connectivity index (χ0n) is 11.8. The van der Waals surface area contributed by atoms with Gasteiger partial charge in [0.25, 0.3) is 0 Å². The number of aromatic nitrogens is 2. The van der Waals surface area contributed by atoms with E-state index in [9.17, 15) is 0 Å². The van der Waals surface area contributed by atoms with Crippen molar-refractivity contribution in [2.45, 2.75) is 45.8 Å². The number of hydrogen-bond acceptors (Lipinski definition) is 2. The third kappa shape index (κ3) is 4.52. The molecule has 3 nitrogen and oxygen atoms in total. The maximum Gasteiger partial charge on any atom is 0.0948 e. The van der Waals surface area contributed by atoms with Gasteiger partial charge in [-0.3, -0.25) is 0 Å². The second-order valence-corrected chi connectivity index (χ2v) is 5.20. The van der Waals surface area contributed by atoms with Gasteiger partial charge in [0, 0.05) is 25.3 Å². The molecule has 0 atom stereocenters. The van der Waals surface area contributed by atoms with Crippen molar-refractivity contribution in [2.24, 2.45) is 0 Å². The normalized spacial score (nSPS) is 11.1. The van der Waals surface area contributed by atoms with Crippen molar-refractivity contribution in [1.82, 2.24) is 14.9 Å². The summed E-state index contributed by atoms with van der Waals surface area (Å²) in [5, 5.41) is 3.44. The fraction of sp³-hybridized carbons (Fsp3) is 0.438. The van der Waals surface area contributed by atoms with Gasteiger partial charge in [-0.05, 0) is 18.4 Å². The van der Waals surface area contributed by atoms with Gasteiger partial charge in [0.2, 0.25) is 0 Å². The summed E-state index contributed by atoms with van der Waals surface area (Å²) >= 11 is 0. The average Bonchev–Trinajstić information content (AvgIpc) is 2.85. The van der Waals surface area contributed by atoms with Crippen LogP contribution in [0, 0.1) is 0 Å². The second-order valence-electron chi connectivity index (χ2n) is 5.20. The minimum Gasteiger partial charge on any atom is -0.333 e. The summed E-state index contributed by atoms with van der Waals surface area (Å²) in [6.45, 7) is 6.25. The molecule has 2 aromatic rings. The number of nitrogens with one attached hydrogen (secondary N) is 1. The van der Waals surface area contributed by atoms with E-state index < -0.39 is 0 Å². The molecule has 0 aliphatic rings. The van der Waals surface area contributed by atoms with Gasteiger partial charge in [0.1, 0.15) is 0 Å². The molecule has 102 valence electrons. The molecule has 0 bridgehead atoms. The predicted octanol–water partition coefficient (Wildman–Crippen LogP) is 3.01. The Morgan fingerprint density at radius 3 is 2.74 bits per heavy atom. The summed E-state index contributed by atoms with van der Waals surface area (Å²) in [4.78, 5) is 4.25. The third-order valence-electron chi connectivity index (χ3n) is 3.20. The first-order valence-electron chi connectivity index (χ1n) is 7.02. The van der Waals surface area contributed by atoms with E-state index in [0.29, 0.717) is 6.04 Å². The van der Waals surface area contributed by atoms with Gasteiger partial charge < -0.3 is 9.88 Å². The molecule has 1 N–H and O–H groups in total. The molecular formula is C16H23N3. The summed E-state index contributed by atoms with van der Waals surface area (Å²) < 4.78 is 2.25. The lowest BCUT2D eigenvalue weighted by Crippen LogP contribution is -2.23. The quantitative estimate of drug-likeness (QED) is 0.826. The maximum atomic E-state index is 4.25. The van der Waals surface area contributed by atoms with Crippen molar-refractivity contribution in [2.75, 3.05) is 0 Å². The molecule has 0 aliphatic heterocycles. The van der Waals surface area contributed by atoms with E-state index in [-0.39, 0.29) is 0 Å². The molecule has 19 heavy (non-hydrogen) atoms. The molecule has 1 heterocycles. The Labute approximate surface area is 115 Å². The van der Waals surface area contributed by atoms with E-state index in [0.717, 1.165) is 25.9 Å². The summed E-state index contributed by atoms with van der Waals surface area (Å²) in [6.07, 6.45) is 6.16. The standard InChI is InChI=1S/C16H23N3/c1-14(2)18-12-16-11-17-13-19(16)10-6-9-15-7-4-3-5-8-15/h3-5,7-8,11,13-14,18H,6,9-10,12H2,1-2H3. The van der Waals surface area contributed by atoms with Crippen molar-refractivity contribution in [3.8, 4) is 0 Å². The first-order valence-corrected chi connectivity index (χ1v) is 7.02. The molecule has 0 saturated heterocycles. The largest absolute Gasteiger partial charge is 0.333 e. The molecule has 0 spiro atoms. The van der Waals surface area contributed by atoms with Gasteiger partial charge in [-0.2, -0.15) is 0 Å². The Morgan fingerprint density at radius 1 is 1.21 bits per heavy atom. The first kappa shape index (κ1) is 13.8. The zero-order valence-corrected chi connectivity index (χ0v) is 11.8. The Kier molecular flexibility index (Phi) is 5.16. The number of hydrogen-bond donors (Lipinski definition) is 1. The summed E-state index contributed by atoms with van der Waals surface area (Å²) in [7, 11) is 0. The van der Waals surface area contributed by atoms with Crippen LogP contribution in [0.4, 0.5) is 0 Å². The lowest BCUT2D eigenvalue weighted by Gasteiger charge is -2.11. The van der Waals surface area contributed by atoms with E-state index in [4.69, 9.17) is 0 Å². The third-order valence-corrected chi connectivity index (χ3v) is 3.20. The van der Waals surface area contributed by atoms with Crippen LogP contribution in [0.5, 0.6) is 0 Å². The highest BCUT2D eigenvalue weighted by Gasteiger charge is 2.02. The number of imidazole rings is 1. The van der Waals surface area contributed by atoms with Gasteiger partial charge in [-0.15, -0.1) is 0 Å². The van der Waals surface area contributed by atoms with Crippen molar-refractivity contribution in [3.05, 3.63) is 54.1 Å². The fourth-order valence-corrected chi connectivity index (χ4v) is 2.10. The molecule has 0 radical (unpaired) electrons. The van der Waals surface area contributed by atoms with Gasteiger partial charge in [0.15, 0.2) is 0 Å². The molecule has 3 heteroatoms. The molecular weight excluding hydrogens is 234 g/mol. The van der Waals surface area contributed by atoms with Gasteiger partial charge in [-0.25, -0.2) is 4.98 Å². The van der Waals surface area contributed by atoms with Gasteiger partial charge in [0.05, 0.1) is 12.0 Å². The topological polar surface area (TPSA) is 29.9 Å². The lowest BCUT2D eigenvalue weighted by atomic mass is 10.1. The zero-order chi connectivity index (χ0) is 13.5. The van der Waals surface area contributed by atoms with E-state index >= 15 is 0 Å². The minimum atomic E-state index is 0.507. The van der Waals surface area contributed by atoms with Crippen LogP contribution in [-0.4, -0.2) is 15.6 Å². The Bertz CT molecular complexity index is 474. The maximum absolute atomic E-state index is 4.25. The highest BCUT2D eigenvalue weighted by molar-refractivity contribution is 5.14. The first-order chi connectivity index (χ1) is 9.25. The van der Waals surface area contributed by atoms with Crippen LogP contribution >= 0.6 is 0 Å². The minimum absolute atomic E-state index is 0.507. The monoisotopic (exact) mass is 257 g/mol. The van der Waals surface area contributed by atoms with Crippen LogP contribution < -0.4 is 5.32 Å². The molecule has 0 aliphatic carbocycles. The van der Waals surface area contributed by atoms with Gasteiger partial charge >= 0.3 is 0 Å². The van der Waals surface area contributed by atoms with Crippen LogP contribution in [0.1, 0.15) is 31.5 Å². The van der Waals surface area contributed by atoms with E-state index in [2.05, 4.69) is 59.0 Å². The van der Waals surface area contributed by atoms with Crippen LogP contribution in [0.3, 0.4) is 0 Å². The Hall–Kier alpha value is -1.61. The van der Waals surface area contributed by atoms with Crippen LogP contribution in [-0.2, 0) is 19.5 Å². The molecule has 0 fully saturated rings. The molecule has 2 rings (SSSR count). The lowest BCUT2D eigenvalue weighted by molar-refractivity contribution is 0.546. The molecule has 0 amide bonds. The number of benzene rings is 1. The van der Waals surface area contributed by atoms with Crippen LogP contribution in [0.25, 0.3) is 0 Å². The highest BCUT2D eigenvalue weighted by atomic mass is 15.1. The van der Waals surface area contributed by atoms with Crippen molar-refractivity contribution >= 4 is 0 Å². The predicted molar refractivity (Wildman–Crippen MR) is 79.0 cm³/mol. The average molecular weight is 257 g/mol. The second kappa shape index (κ2) is 7.10. The van der Waals surface area contributed by atoms with E-state index in [1.165, 1.54) is 11.3 Å². The number of aryl methyl sites for hydroxylation is 2. The SMILES string of the molecule is CC(C)NCc1cncn1CCCc1ccccc1. The molecule has 0 saturated carbocycles. The summed E-state index contributed by atoms with van der Waals surface area (Å²) in [6, 6.07) is 11.2. The Morgan fingerprint density at radius 2 is 2.00 bits per heavy atom. The smallest absolute Gasteiger partial charge is 0.0948 e. The molecule has 1 aromatic heterocycles. The highest BCUT2D eigenvalue weighted by Crippen LogP contribution is 2.06. The Balaban J connectivity index is 1.81. The van der Waals surface area contributed by atoms with Crippen LogP contribution in [0.15, 0.2) is 42.9 Å². The van der Waals surface area contributed by atoms with Crippen molar-refractivity contribution in [3.63, 3.8) is 0 Å². The van der Waals surface area contributed by atoms with Crippen molar-refractivity contribution in [1.29, 1.82) is 0 Å². The van der Waals surface area contributed by atoms with Gasteiger partial charge in [-0.1, -0.05) is 44.2 Å². The van der Waals surface area contributed by atoms with Crippen LogP contribution in [0.2, 0.25) is 0 Å². The summed E-state index contributed by atoms with van der Waals surface area (Å²) in [5.74, 6) is 0. The van der Waals surface area contributed by atoms with Crippen molar-refractivity contribution < 1.29 is 0 Å². The molecule has 1 aromatic carbocycles. The number of rotatable bonds is 7. The van der Waals surface area contributed by atoms with E-state index in [1.54, 1.807) is 0 Å². The summed E-state index contributed by atoms with van der Waals surface area (Å²) in [5.41, 5.74) is 2.67. The number of nitrogens with zero attached hydrogens (tertiary/aromatic N) is 2.